The van der Waals surface area contributed by atoms with E-state index in [0.29, 0.717) is 18.7 Å². The van der Waals surface area contributed by atoms with Crippen molar-refractivity contribution in [3.63, 3.8) is 0 Å². The van der Waals surface area contributed by atoms with Crippen molar-refractivity contribution in [2.75, 3.05) is 6.54 Å². The van der Waals surface area contributed by atoms with Gasteiger partial charge in [-0.3, -0.25) is 9.38 Å². The molecule has 0 fully saturated rings. The van der Waals surface area contributed by atoms with Gasteiger partial charge in [0.05, 0.1) is 12.1 Å². The first-order valence-corrected chi connectivity index (χ1v) is 8.35. The summed E-state index contributed by atoms with van der Waals surface area (Å²) in [4.78, 5) is 16.7. The van der Waals surface area contributed by atoms with Crippen molar-refractivity contribution >= 4 is 16.6 Å². The number of benzene rings is 1. The Labute approximate surface area is 144 Å². The highest BCUT2D eigenvalue weighted by atomic mass is 16.2. The van der Waals surface area contributed by atoms with Crippen LogP contribution in [-0.4, -0.2) is 25.7 Å². The fourth-order valence-electron chi connectivity index (χ4n) is 2.97. The minimum Gasteiger partial charge on any atom is -0.308 e. The molecule has 0 spiro atoms. The van der Waals surface area contributed by atoms with E-state index < -0.39 is 0 Å². The molecule has 25 heavy (non-hydrogen) atoms. The van der Waals surface area contributed by atoms with E-state index in [2.05, 4.69) is 46.6 Å². The van der Waals surface area contributed by atoms with Crippen molar-refractivity contribution < 1.29 is 0 Å². The Kier molecular flexibility index (Phi) is 4.03. The lowest BCUT2D eigenvalue weighted by Crippen LogP contribution is -2.29. The Morgan fingerprint density at radius 2 is 2.08 bits per heavy atom. The molecule has 0 amide bonds. The van der Waals surface area contributed by atoms with Gasteiger partial charge in [-0.25, -0.2) is 9.48 Å². The van der Waals surface area contributed by atoms with E-state index in [4.69, 9.17) is 0 Å². The lowest BCUT2D eigenvalue weighted by Gasteiger charge is -2.14. The molecule has 0 saturated heterocycles. The van der Waals surface area contributed by atoms with Crippen molar-refractivity contribution in [2.45, 2.75) is 19.5 Å². The zero-order valence-corrected chi connectivity index (χ0v) is 14.0. The molecule has 0 aliphatic heterocycles. The molecule has 3 heterocycles. The van der Waals surface area contributed by atoms with Crippen LogP contribution in [0.15, 0.2) is 65.7 Å². The topological polar surface area (TPSA) is 64.2 Å². The summed E-state index contributed by atoms with van der Waals surface area (Å²) in [7, 11) is 0. The van der Waals surface area contributed by atoms with Crippen LogP contribution in [0.1, 0.15) is 18.5 Å². The summed E-state index contributed by atoms with van der Waals surface area (Å²) in [6.07, 6.45) is 3.54. The van der Waals surface area contributed by atoms with E-state index in [-0.39, 0.29) is 11.7 Å². The minimum atomic E-state index is -0.111. The highest BCUT2D eigenvalue weighted by molar-refractivity contribution is 5.78. The monoisotopic (exact) mass is 333 g/mol. The molecular weight excluding hydrogens is 314 g/mol. The third kappa shape index (κ3) is 3.04. The predicted molar refractivity (Wildman–Crippen MR) is 97.6 cm³/mol. The van der Waals surface area contributed by atoms with E-state index >= 15 is 0 Å². The first-order chi connectivity index (χ1) is 12.2. The predicted octanol–water partition coefficient (Wildman–Crippen LogP) is 2.40. The van der Waals surface area contributed by atoms with E-state index in [1.807, 2.05) is 24.3 Å². The Bertz CT molecular complexity index is 1080. The number of hydrogen-bond acceptors (Lipinski definition) is 4. The quantitative estimate of drug-likeness (QED) is 0.609. The van der Waals surface area contributed by atoms with Crippen molar-refractivity contribution in [1.82, 2.24) is 24.5 Å². The fraction of sp³-hybridized carbons (Fsp3) is 0.211. The van der Waals surface area contributed by atoms with Crippen molar-refractivity contribution in [3.05, 3.63) is 77.0 Å². The number of rotatable bonds is 5. The number of nitrogens with one attached hydrogen (secondary N) is 1. The largest absolute Gasteiger partial charge is 0.350 e. The van der Waals surface area contributed by atoms with Crippen LogP contribution in [0, 0.1) is 0 Å². The second-order valence-electron chi connectivity index (χ2n) is 6.07. The summed E-state index contributed by atoms with van der Waals surface area (Å²) in [6, 6.07) is 16.0. The van der Waals surface area contributed by atoms with Gasteiger partial charge in [0.1, 0.15) is 0 Å². The van der Waals surface area contributed by atoms with Gasteiger partial charge in [-0.05, 0) is 36.8 Å². The molecule has 1 aromatic carbocycles. The molecule has 6 heteroatoms. The van der Waals surface area contributed by atoms with Crippen LogP contribution in [0.3, 0.4) is 0 Å². The number of pyridine rings is 2. The van der Waals surface area contributed by atoms with Gasteiger partial charge in [-0.1, -0.05) is 24.3 Å². The van der Waals surface area contributed by atoms with Gasteiger partial charge in [0.15, 0.2) is 5.65 Å². The molecule has 0 aliphatic carbocycles. The Hall–Kier alpha value is -2.99. The van der Waals surface area contributed by atoms with Gasteiger partial charge in [0.25, 0.3) is 0 Å². The molecular formula is C19H19N5O. The maximum absolute atomic E-state index is 12.2. The molecule has 0 radical (unpaired) electrons. The zero-order chi connectivity index (χ0) is 17.2. The molecule has 1 atom stereocenters. The smallest absolute Gasteiger partial charge is 0.308 e. The van der Waals surface area contributed by atoms with Gasteiger partial charge in [0, 0.05) is 30.4 Å². The Morgan fingerprint density at radius 3 is 2.96 bits per heavy atom. The second kappa shape index (κ2) is 6.49. The zero-order valence-electron chi connectivity index (χ0n) is 14.0. The van der Waals surface area contributed by atoms with Crippen LogP contribution >= 0.6 is 0 Å². The second-order valence-corrected chi connectivity index (χ2v) is 6.07. The molecule has 1 unspecified atom stereocenters. The molecule has 0 aliphatic rings. The highest BCUT2D eigenvalue weighted by Gasteiger charge is 2.08. The van der Waals surface area contributed by atoms with Gasteiger partial charge in [-0.2, -0.15) is 0 Å². The highest BCUT2D eigenvalue weighted by Crippen LogP contribution is 2.18. The van der Waals surface area contributed by atoms with E-state index in [0.717, 1.165) is 10.9 Å². The maximum atomic E-state index is 12.2. The average Bonchev–Trinajstić information content (AvgIpc) is 2.97. The first kappa shape index (κ1) is 15.5. The van der Waals surface area contributed by atoms with E-state index in [1.54, 1.807) is 16.8 Å². The van der Waals surface area contributed by atoms with Gasteiger partial charge >= 0.3 is 5.69 Å². The number of aromatic nitrogens is 4. The normalized spacial score (nSPS) is 12.7. The number of nitrogens with zero attached hydrogens (tertiary/aromatic N) is 4. The molecule has 0 saturated carbocycles. The van der Waals surface area contributed by atoms with Gasteiger partial charge < -0.3 is 5.32 Å². The average molecular weight is 333 g/mol. The van der Waals surface area contributed by atoms with Crippen LogP contribution < -0.4 is 11.0 Å². The Morgan fingerprint density at radius 1 is 1.16 bits per heavy atom. The van der Waals surface area contributed by atoms with Gasteiger partial charge in [0.2, 0.25) is 0 Å². The molecule has 6 nitrogen and oxygen atoms in total. The fourth-order valence-corrected chi connectivity index (χ4v) is 2.97. The SMILES string of the molecule is CC(NCCn1nc2ccccn2c1=O)c1ccc2cccnc2c1. The third-order valence-corrected chi connectivity index (χ3v) is 4.39. The lowest BCUT2D eigenvalue weighted by molar-refractivity contribution is 0.499. The van der Waals surface area contributed by atoms with E-state index in [1.165, 1.54) is 10.2 Å². The molecule has 4 rings (SSSR count). The van der Waals surface area contributed by atoms with Gasteiger partial charge in [-0.15, -0.1) is 5.10 Å². The summed E-state index contributed by atoms with van der Waals surface area (Å²) in [6.45, 7) is 3.29. The summed E-state index contributed by atoms with van der Waals surface area (Å²) in [5.41, 5.74) is 2.72. The molecule has 126 valence electrons. The van der Waals surface area contributed by atoms with E-state index in [9.17, 15) is 4.79 Å². The summed E-state index contributed by atoms with van der Waals surface area (Å²) >= 11 is 0. The third-order valence-electron chi connectivity index (χ3n) is 4.39. The number of fused-ring (bicyclic) bond motifs is 2. The van der Waals surface area contributed by atoms with Crippen LogP contribution in [-0.2, 0) is 6.54 Å². The maximum Gasteiger partial charge on any atom is 0.350 e. The molecule has 3 aromatic heterocycles. The summed E-state index contributed by atoms with van der Waals surface area (Å²) < 4.78 is 3.05. The summed E-state index contributed by atoms with van der Waals surface area (Å²) in [5.74, 6) is 0. The van der Waals surface area contributed by atoms with Crippen molar-refractivity contribution in [2.24, 2.45) is 0 Å². The van der Waals surface area contributed by atoms with Crippen LogP contribution in [0.5, 0.6) is 0 Å². The van der Waals surface area contributed by atoms with Crippen LogP contribution in [0.4, 0.5) is 0 Å². The lowest BCUT2D eigenvalue weighted by atomic mass is 10.1. The van der Waals surface area contributed by atoms with Crippen molar-refractivity contribution in [1.29, 1.82) is 0 Å². The minimum absolute atomic E-state index is 0.111. The molecule has 4 aromatic rings. The standard InChI is InChI=1S/C19H19N5O/c1-14(16-8-7-15-5-4-9-21-17(15)13-16)20-10-12-24-19(25)23-11-3-2-6-18(23)22-24/h2-9,11,13-14,20H,10,12H2,1H3. The summed E-state index contributed by atoms with van der Waals surface area (Å²) in [5, 5.41) is 8.92. The molecule has 1 N–H and O–H groups in total. The van der Waals surface area contributed by atoms with Crippen molar-refractivity contribution in [3.8, 4) is 0 Å². The first-order valence-electron chi connectivity index (χ1n) is 8.35. The van der Waals surface area contributed by atoms with Crippen LogP contribution in [0.2, 0.25) is 0 Å². The van der Waals surface area contributed by atoms with Crippen LogP contribution in [0.25, 0.3) is 16.6 Å². The number of hydrogen-bond donors (Lipinski definition) is 1. The Balaban J connectivity index is 1.44. The molecule has 0 bridgehead atoms.